The van der Waals surface area contributed by atoms with Gasteiger partial charge in [0.05, 0.1) is 5.56 Å². The summed E-state index contributed by atoms with van der Waals surface area (Å²) in [5.74, 6) is -0.577. The van der Waals surface area contributed by atoms with Gasteiger partial charge in [-0.05, 0) is 6.07 Å². The predicted octanol–water partition coefficient (Wildman–Crippen LogP) is 1.42. The lowest BCUT2D eigenvalue weighted by Gasteiger charge is -1.98. The molecule has 0 amide bonds. The fraction of sp³-hybridized carbons (Fsp3) is 0.111. The minimum Gasteiger partial charge on any atom is -0.478 e. The van der Waals surface area contributed by atoms with Crippen LogP contribution in [0.3, 0.4) is 0 Å². The molecular formula is C9H8N2O3. The van der Waals surface area contributed by atoms with E-state index in [1.54, 1.807) is 6.92 Å². The number of anilines is 1. The standard InChI is InChI=1S/C9H8N2O3/c1-4-11-7-2-5(9(12)13)6(10)3-8(7)14-4/h2-3H,10H2,1H3,(H,12,13). The Bertz CT molecular complexity index is 516. The minimum absolute atomic E-state index is 0.0470. The molecule has 0 saturated carbocycles. The number of nitrogens with zero attached hydrogens (tertiary/aromatic N) is 1. The van der Waals surface area contributed by atoms with Gasteiger partial charge < -0.3 is 15.3 Å². The molecule has 2 aromatic rings. The van der Waals surface area contributed by atoms with Gasteiger partial charge in [-0.15, -0.1) is 0 Å². The molecule has 0 spiro atoms. The van der Waals surface area contributed by atoms with Crippen LogP contribution in [0, 0.1) is 6.92 Å². The average molecular weight is 192 g/mol. The van der Waals surface area contributed by atoms with Crippen LogP contribution in [0.1, 0.15) is 16.2 Å². The zero-order valence-electron chi connectivity index (χ0n) is 7.44. The van der Waals surface area contributed by atoms with Crippen molar-refractivity contribution in [1.29, 1.82) is 0 Å². The van der Waals surface area contributed by atoms with Crippen LogP contribution in [0.2, 0.25) is 0 Å². The third-order valence-corrected chi connectivity index (χ3v) is 1.90. The molecule has 1 heterocycles. The van der Waals surface area contributed by atoms with Crippen LogP contribution in [0.25, 0.3) is 11.1 Å². The summed E-state index contributed by atoms with van der Waals surface area (Å²) < 4.78 is 5.20. The molecule has 0 radical (unpaired) electrons. The molecule has 0 aliphatic carbocycles. The molecule has 72 valence electrons. The first-order valence-electron chi connectivity index (χ1n) is 3.98. The number of oxazole rings is 1. The van der Waals surface area contributed by atoms with Gasteiger partial charge in [0.25, 0.3) is 0 Å². The molecule has 0 aliphatic rings. The van der Waals surface area contributed by atoms with Crippen LogP contribution < -0.4 is 5.73 Å². The second-order valence-electron chi connectivity index (χ2n) is 2.95. The van der Waals surface area contributed by atoms with E-state index >= 15 is 0 Å². The van der Waals surface area contributed by atoms with Gasteiger partial charge in [0.15, 0.2) is 11.5 Å². The summed E-state index contributed by atoms with van der Waals surface area (Å²) in [7, 11) is 0. The Labute approximate surface area is 79.2 Å². The number of benzene rings is 1. The first kappa shape index (κ1) is 8.55. The number of aromatic carboxylic acids is 1. The molecule has 3 N–H and O–H groups in total. The molecule has 14 heavy (non-hydrogen) atoms. The predicted molar refractivity (Wildman–Crippen MR) is 50.1 cm³/mol. The molecule has 0 saturated heterocycles. The fourth-order valence-electron chi connectivity index (χ4n) is 1.29. The topological polar surface area (TPSA) is 89.3 Å². The number of rotatable bonds is 1. The Morgan fingerprint density at radius 2 is 2.29 bits per heavy atom. The van der Waals surface area contributed by atoms with Crippen LogP contribution in [0.4, 0.5) is 5.69 Å². The summed E-state index contributed by atoms with van der Waals surface area (Å²) in [5.41, 5.74) is 6.77. The van der Waals surface area contributed by atoms with Gasteiger partial charge in [-0.3, -0.25) is 0 Å². The number of fused-ring (bicyclic) bond motifs is 1. The third-order valence-electron chi connectivity index (χ3n) is 1.90. The normalized spacial score (nSPS) is 10.6. The van der Waals surface area contributed by atoms with Crippen molar-refractivity contribution in [2.45, 2.75) is 6.92 Å². The lowest BCUT2D eigenvalue weighted by molar-refractivity contribution is 0.0698. The van der Waals surface area contributed by atoms with E-state index in [1.165, 1.54) is 12.1 Å². The van der Waals surface area contributed by atoms with Crippen LogP contribution in [-0.2, 0) is 0 Å². The smallest absolute Gasteiger partial charge is 0.337 e. The lowest BCUT2D eigenvalue weighted by atomic mass is 10.1. The monoisotopic (exact) mass is 192 g/mol. The number of carbonyl (C=O) groups is 1. The van der Waals surface area contributed by atoms with Gasteiger partial charge in [-0.2, -0.15) is 0 Å². The molecule has 0 fully saturated rings. The number of carboxylic acids is 1. The van der Waals surface area contributed by atoms with E-state index in [0.29, 0.717) is 17.0 Å². The van der Waals surface area contributed by atoms with Gasteiger partial charge in [0.2, 0.25) is 0 Å². The molecule has 2 rings (SSSR count). The summed E-state index contributed by atoms with van der Waals surface area (Å²) in [6, 6.07) is 2.88. The van der Waals surface area contributed by atoms with E-state index in [0.717, 1.165) is 0 Å². The highest BCUT2D eigenvalue weighted by molar-refractivity contribution is 5.98. The fourth-order valence-corrected chi connectivity index (χ4v) is 1.29. The number of aryl methyl sites for hydroxylation is 1. The molecule has 0 bridgehead atoms. The highest BCUT2D eigenvalue weighted by Gasteiger charge is 2.12. The van der Waals surface area contributed by atoms with Crippen LogP contribution in [0.15, 0.2) is 16.5 Å². The SMILES string of the molecule is Cc1nc2cc(C(=O)O)c(N)cc2o1. The van der Waals surface area contributed by atoms with E-state index in [9.17, 15) is 4.79 Å². The van der Waals surface area contributed by atoms with Crippen molar-refractivity contribution < 1.29 is 14.3 Å². The molecule has 0 aliphatic heterocycles. The van der Waals surface area contributed by atoms with Crippen molar-refractivity contribution in [3.8, 4) is 0 Å². The van der Waals surface area contributed by atoms with Gasteiger partial charge >= 0.3 is 5.97 Å². The highest BCUT2D eigenvalue weighted by atomic mass is 16.4. The highest BCUT2D eigenvalue weighted by Crippen LogP contribution is 2.22. The van der Waals surface area contributed by atoms with Gasteiger partial charge in [-0.1, -0.05) is 0 Å². The van der Waals surface area contributed by atoms with Crippen LogP contribution in [0.5, 0.6) is 0 Å². The molecule has 1 aromatic carbocycles. The summed E-state index contributed by atoms with van der Waals surface area (Å²) in [5, 5.41) is 8.79. The maximum Gasteiger partial charge on any atom is 0.337 e. The van der Waals surface area contributed by atoms with Crippen molar-refractivity contribution in [2.75, 3.05) is 5.73 Å². The number of hydrogen-bond acceptors (Lipinski definition) is 4. The number of nitrogen functional groups attached to an aromatic ring is 1. The lowest BCUT2D eigenvalue weighted by Crippen LogP contribution is -2.01. The average Bonchev–Trinajstić information content (AvgIpc) is 2.42. The van der Waals surface area contributed by atoms with E-state index in [4.69, 9.17) is 15.3 Å². The Balaban J connectivity index is 2.76. The molecule has 5 heteroatoms. The summed E-state index contributed by atoms with van der Waals surface area (Å²) in [6.07, 6.45) is 0. The maximum absolute atomic E-state index is 10.7. The number of hydrogen-bond donors (Lipinski definition) is 2. The summed E-state index contributed by atoms with van der Waals surface area (Å²) >= 11 is 0. The molecule has 5 nitrogen and oxygen atoms in total. The Morgan fingerprint density at radius 3 is 2.93 bits per heavy atom. The Morgan fingerprint density at radius 1 is 1.57 bits per heavy atom. The van der Waals surface area contributed by atoms with E-state index < -0.39 is 5.97 Å². The second kappa shape index (κ2) is 2.73. The van der Waals surface area contributed by atoms with Crippen molar-refractivity contribution in [3.05, 3.63) is 23.6 Å². The van der Waals surface area contributed by atoms with Gasteiger partial charge in [0.1, 0.15) is 5.52 Å². The third kappa shape index (κ3) is 1.19. The quantitative estimate of drug-likeness (QED) is 0.667. The second-order valence-corrected chi connectivity index (χ2v) is 2.95. The van der Waals surface area contributed by atoms with Gasteiger partial charge in [0, 0.05) is 18.7 Å². The van der Waals surface area contributed by atoms with Crippen molar-refractivity contribution in [2.24, 2.45) is 0 Å². The molecule has 0 unspecified atom stereocenters. The number of nitrogens with two attached hydrogens (primary N) is 1. The largest absolute Gasteiger partial charge is 0.478 e. The van der Waals surface area contributed by atoms with E-state index in [2.05, 4.69) is 4.98 Å². The Hall–Kier alpha value is -2.04. The minimum atomic E-state index is -1.06. The first-order valence-corrected chi connectivity index (χ1v) is 3.98. The van der Waals surface area contributed by atoms with Crippen molar-refractivity contribution in [1.82, 2.24) is 4.98 Å². The zero-order chi connectivity index (χ0) is 10.3. The van der Waals surface area contributed by atoms with E-state index in [1.807, 2.05) is 0 Å². The number of aromatic nitrogens is 1. The zero-order valence-corrected chi connectivity index (χ0v) is 7.44. The molecule has 1 aromatic heterocycles. The van der Waals surface area contributed by atoms with Gasteiger partial charge in [-0.25, -0.2) is 9.78 Å². The maximum atomic E-state index is 10.7. The van der Waals surface area contributed by atoms with Crippen molar-refractivity contribution in [3.63, 3.8) is 0 Å². The number of carboxylic acid groups (broad SMARTS) is 1. The van der Waals surface area contributed by atoms with Crippen LogP contribution >= 0.6 is 0 Å². The summed E-state index contributed by atoms with van der Waals surface area (Å²) in [6.45, 7) is 1.69. The first-order chi connectivity index (χ1) is 6.58. The van der Waals surface area contributed by atoms with Crippen LogP contribution in [-0.4, -0.2) is 16.1 Å². The summed E-state index contributed by atoms with van der Waals surface area (Å²) in [4.78, 5) is 14.7. The van der Waals surface area contributed by atoms with E-state index in [-0.39, 0.29) is 11.3 Å². The Kier molecular flexibility index (Phi) is 1.67. The molecular weight excluding hydrogens is 184 g/mol. The molecule has 0 atom stereocenters. The van der Waals surface area contributed by atoms with Crippen molar-refractivity contribution >= 4 is 22.8 Å².